The molecule has 16 heavy (non-hydrogen) atoms. The lowest BCUT2D eigenvalue weighted by Gasteiger charge is -2.14. The number of halogens is 1. The van der Waals surface area contributed by atoms with Crippen LogP contribution in [0.3, 0.4) is 0 Å². The summed E-state index contributed by atoms with van der Waals surface area (Å²) in [5.41, 5.74) is 0.314. The Bertz CT molecular complexity index is 377. The van der Waals surface area contributed by atoms with Crippen LogP contribution in [0, 0.1) is 5.82 Å². The number of hydrogen-bond donors (Lipinski definition) is 0. The van der Waals surface area contributed by atoms with Gasteiger partial charge in [-0.05, 0) is 12.5 Å². The molecule has 0 bridgehead atoms. The van der Waals surface area contributed by atoms with Crippen molar-refractivity contribution < 1.29 is 18.7 Å². The van der Waals surface area contributed by atoms with Gasteiger partial charge >= 0.3 is 5.97 Å². The highest BCUT2D eigenvalue weighted by molar-refractivity contribution is 5.78. The number of carbonyl (C=O) groups is 1. The SMILES string of the molecule is CCC(C(=O)OC)c1cccc(OC)c1F. The molecule has 1 rings (SSSR count). The largest absolute Gasteiger partial charge is 0.494 e. The highest BCUT2D eigenvalue weighted by atomic mass is 19.1. The summed E-state index contributed by atoms with van der Waals surface area (Å²) >= 11 is 0. The third kappa shape index (κ3) is 2.32. The van der Waals surface area contributed by atoms with Crippen LogP contribution >= 0.6 is 0 Å². The van der Waals surface area contributed by atoms with Gasteiger partial charge in [0.05, 0.1) is 20.1 Å². The highest BCUT2D eigenvalue weighted by Gasteiger charge is 2.24. The Labute approximate surface area is 94.2 Å². The number of rotatable bonds is 4. The van der Waals surface area contributed by atoms with Gasteiger partial charge in [-0.25, -0.2) is 4.39 Å². The first-order valence-corrected chi connectivity index (χ1v) is 5.05. The number of benzene rings is 1. The molecular formula is C12H15FO3. The van der Waals surface area contributed by atoms with Gasteiger partial charge in [0.15, 0.2) is 11.6 Å². The zero-order chi connectivity index (χ0) is 12.1. The monoisotopic (exact) mass is 226 g/mol. The standard InChI is InChI=1S/C12H15FO3/c1-4-8(12(14)16-3)9-6-5-7-10(15-2)11(9)13/h5-8H,4H2,1-3H3. The van der Waals surface area contributed by atoms with Gasteiger partial charge in [0.2, 0.25) is 0 Å². The molecule has 0 aliphatic carbocycles. The minimum absolute atomic E-state index is 0.139. The molecule has 0 saturated heterocycles. The van der Waals surface area contributed by atoms with Crippen LogP contribution in [0.25, 0.3) is 0 Å². The summed E-state index contributed by atoms with van der Waals surface area (Å²) < 4.78 is 23.4. The van der Waals surface area contributed by atoms with Crippen LogP contribution in [-0.2, 0) is 9.53 Å². The second-order valence-electron chi connectivity index (χ2n) is 3.35. The number of ether oxygens (including phenoxy) is 2. The third-order valence-corrected chi connectivity index (χ3v) is 2.48. The summed E-state index contributed by atoms with van der Waals surface area (Å²) in [6.45, 7) is 1.81. The van der Waals surface area contributed by atoms with Crippen molar-refractivity contribution in [1.29, 1.82) is 0 Å². The molecule has 0 aromatic heterocycles. The lowest BCUT2D eigenvalue weighted by Crippen LogP contribution is -2.15. The molecule has 0 aliphatic heterocycles. The normalized spacial score (nSPS) is 12.0. The molecule has 1 unspecified atom stereocenters. The van der Waals surface area contributed by atoms with Gasteiger partial charge in [-0.2, -0.15) is 0 Å². The Morgan fingerprint density at radius 2 is 2.12 bits per heavy atom. The Morgan fingerprint density at radius 3 is 2.62 bits per heavy atom. The minimum Gasteiger partial charge on any atom is -0.494 e. The fourth-order valence-electron chi connectivity index (χ4n) is 1.61. The Balaban J connectivity index is 3.15. The van der Waals surface area contributed by atoms with E-state index < -0.39 is 17.7 Å². The van der Waals surface area contributed by atoms with E-state index >= 15 is 0 Å². The summed E-state index contributed by atoms with van der Waals surface area (Å²) in [6.07, 6.45) is 0.483. The fourth-order valence-corrected chi connectivity index (χ4v) is 1.61. The predicted molar refractivity (Wildman–Crippen MR) is 58.0 cm³/mol. The summed E-state index contributed by atoms with van der Waals surface area (Å²) in [5, 5.41) is 0. The number of hydrogen-bond acceptors (Lipinski definition) is 3. The van der Waals surface area contributed by atoms with Crippen molar-refractivity contribution in [3.05, 3.63) is 29.6 Å². The zero-order valence-corrected chi connectivity index (χ0v) is 9.62. The molecule has 1 aromatic rings. The highest BCUT2D eigenvalue weighted by Crippen LogP contribution is 2.28. The number of esters is 1. The maximum Gasteiger partial charge on any atom is 0.313 e. The molecular weight excluding hydrogens is 211 g/mol. The summed E-state index contributed by atoms with van der Waals surface area (Å²) in [5.74, 6) is -1.38. The van der Waals surface area contributed by atoms with Gasteiger partial charge in [-0.1, -0.05) is 19.1 Å². The quantitative estimate of drug-likeness (QED) is 0.740. The molecule has 0 spiro atoms. The Hall–Kier alpha value is -1.58. The minimum atomic E-state index is -0.583. The van der Waals surface area contributed by atoms with Crippen LogP contribution in [0.4, 0.5) is 4.39 Å². The Kier molecular flexibility index (Phi) is 4.28. The van der Waals surface area contributed by atoms with E-state index in [0.717, 1.165) is 0 Å². The number of methoxy groups -OCH3 is 2. The first-order chi connectivity index (χ1) is 7.65. The Morgan fingerprint density at radius 1 is 1.44 bits per heavy atom. The lowest BCUT2D eigenvalue weighted by molar-refractivity contribution is -0.142. The van der Waals surface area contributed by atoms with Crippen molar-refractivity contribution in [2.75, 3.05) is 14.2 Å². The van der Waals surface area contributed by atoms with Crippen molar-refractivity contribution in [2.24, 2.45) is 0 Å². The van der Waals surface area contributed by atoms with Crippen molar-refractivity contribution in [3.63, 3.8) is 0 Å². The van der Waals surface area contributed by atoms with E-state index in [1.165, 1.54) is 20.3 Å². The maximum absolute atomic E-state index is 13.9. The molecule has 1 aromatic carbocycles. The maximum atomic E-state index is 13.9. The summed E-state index contributed by atoms with van der Waals surface area (Å²) in [7, 11) is 2.68. The molecule has 0 radical (unpaired) electrons. The molecule has 3 nitrogen and oxygen atoms in total. The van der Waals surface area contributed by atoms with Crippen LogP contribution < -0.4 is 4.74 Å². The van der Waals surface area contributed by atoms with Gasteiger partial charge < -0.3 is 9.47 Å². The second-order valence-corrected chi connectivity index (χ2v) is 3.35. The van der Waals surface area contributed by atoms with Gasteiger partial charge in [-0.3, -0.25) is 4.79 Å². The smallest absolute Gasteiger partial charge is 0.313 e. The summed E-state index contributed by atoms with van der Waals surface area (Å²) in [4.78, 5) is 11.5. The molecule has 88 valence electrons. The van der Waals surface area contributed by atoms with Crippen LogP contribution in [0.1, 0.15) is 24.8 Å². The molecule has 0 aliphatic rings. The van der Waals surface area contributed by atoms with E-state index in [0.29, 0.717) is 12.0 Å². The van der Waals surface area contributed by atoms with Gasteiger partial charge in [0.1, 0.15) is 0 Å². The molecule has 0 N–H and O–H groups in total. The van der Waals surface area contributed by atoms with E-state index in [2.05, 4.69) is 4.74 Å². The third-order valence-electron chi connectivity index (χ3n) is 2.48. The van der Waals surface area contributed by atoms with Crippen LogP contribution in [0.2, 0.25) is 0 Å². The summed E-state index contributed by atoms with van der Waals surface area (Å²) in [6, 6.07) is 4.74. The van der Waals surface area contributed by atoms with E-state index in [1.807, 2.05) is 0 Å². The average molecular weight is 226 g/mol. The lowest BCUT2D eigenvalue weighted by atomic mass is 9.96. The second kappa shape index (κ2) is 5.49. The van der Waals surface area contributed by atoms with E-state index in [1.54, 1.807) is 19.1 Å². The molecule has 1 atom stereocenters. The topological polar surface area (TPSA) is 35.5 Å². The zero-order valence-electron chi connectivity index (χ0n) is 9.62. The first-order valence-electron chi connectivity index (χ1n) is 5.05. The van der Waals surface area contributed by atoms with E-state index in [9.17, 15) is 9.18 Å². The van der Waals surface area contributed by atoms with Gasteiger partial charge in [-0.15, -0.1) is 0 Å². The van der Waals surface area contributed by atoms with Gasteiger partial charge in [0.25, 0.3) is 0 Å². The van der Waals surface area contributed by atoms with Crippen molar-refractivity contribution in [3.8, 4) is 5.75 Å². The van der Waals surface area contributed by atoms with Crippen LogP contribution in [-0.4, -0.2) is 20.2 Å². The molecule has 0 heterocycles. The van der Waals surface area contributed by atoms with Crippen molar-refractivity contribution in [1.82, 2.24) is 0 Å². The predicted octanol–water partition coefficient (Wildman–Crippen LogP) is 2.50. The van der Waals surface area contributed by atoms with E-state index in [4.69, 9.17) is 4.74 Å². The first kappa shape index (κ1) is 12.5. The molecule has 0 saturated carbocycles. The van der Waals surface area contributed by atoms with Crippen LogP contribution in [0.5, 0.6) is 5.75 Å². The van der Waals surface area contributed by atoms with Crippen molar-refractivity contribution >= 4 is 5.97 Å². The van der Waals surface area contributed by atoms with Crippen molar-refractivity contribution in [2.45, 2.75) is 19.3 Å². The molecule has 4 heteroatoms. The fraction of sp³-hybridized carbons (Fsp3) is 0.417. The van der Waals surface area contributed by atoms with E-state index in [-0.39, 0.29) is 5.75 Å². The van der Waals surface area contributed by atoms with Gasteiger partial charge in [0, 0.05) is 5.56 Å². The average Bonchev–Trinajstić information content (AvgIpc) is 2.31. The molecule has 0 fully saturated rings. The van der Waals surface area contributed by atoms with Crippen LogP contribution in [0.15, 0.2) is 18.2 Å². The number of carbonyl (C=O) groups excluding carboxylic acids is 1. The molecule has 0 amide bonds.